The van der Waals surface area contributed by atoms with Gasteiger partial charge in [-0.25, -0.2) is 13.2 Å². The molecule has 0 aromatic rings. The van der Waals surface area contributed by atoms with E-state index in [1.807, 2.05) is 27.7 Å². The van der Waals surface area contributed by atoms with Crippen LogP contribution in [0.3, 0.4) is 0 Å². The average molecular weight is 365 g/mol. The molecule has 24 heavy (non-hydrogen) atoms. The summed E-state index contributed by atoms with van der Waals surface area (Å²) in [6.07, 6.45) is 1.34. The molecule has 0 spiro atoms. The maximum absolute atomic E-state index is 11.8. The Hall–Kier alpha value is -1.51. The second-order valence-corrected chi connectivity index (χ2v) is 9.12. The maximum Gasteiger partial charge on any atom is 0.410 e. The van der Waals surface area contributed by atoms with Gasteiger partial charge in [0.25, 0.3) is 0 Å². The highest BCUT2D eigenvalue weighted by Gasteiger charge is 2.19. The van der Waals surface area contributed by atoms with Gasteiger partial charge in [0.05, 0.1) is 5.75 Å². The summed E-state index contributed by atoms with van der Waals surface area (Å²) in [7, 11) is 0.330. The average Bonchev–Trinajstić information content (AvgIpc) is 2.41. The first-order valence-corrected chi connectivity index (χ1v) is 9.99. The summed E-state index contributed by atoms with van der Waals surface area (Å²) in [6, 6.07) is -0.0329. The quantitative estimate of drug-likeness (QED) is 0.513. The van der Waals surface area contributed by atoms with Crippen LogP contribution in [0.1, 0.15) is 34.1 Å². The van der Waals surface area contributed by atoms with Crippen molar-refractivity contribution < 1.29 is 17.9 Å². The molecule has 0 rings (SSSR count). The smallest absolute Gasteiger partial charge is 0.410 e. The lowest BCUT2D eigenvalue weighted by atomic mass is 10.2. The minimum atomic E-state index is -2.97. The second kappa shape index (κ2) is 9.71. The minimum Gasteiger partial charge on any atom is -0.444 e. The molecule has 0 aliphatic rings. The number of hydrogen-bond acceptors (Lipinski definition) is 5. The molecule has 0 saturated carbocycles. The molecule has 2 N–H and O–H groups in total. The van der Waals surface area contributed by atoms with E-state index in [9.17, 15) is 13.2 Å². The zero-order valence-electron chi connectivity index (χ0n) is 15.8. The van der Waals surface area contributed by atoms with Gasteiger partial charge in [-0.3, -0.25) is 4.99 Å². The van der Waals surface area contributed by atoms with Crippen LogP contribution in [-0.2, 0) is 14.6 Å². The molecule has 0 saturated heterocycles. The lowest BCUT2D eigenvalue weighted by Gasteiger charge is -2.25. The van der Waals surface area contributed by atoms with Crippen LogP contribution in [0, 0.1) is 0 Å². The summed E-state index contributed by atoms with van der Waals surface area (Å²) >= 11 is 0. The van der Waals surface area contributed by atoms with Gasteiger partial charge in [0.1, 0.15) is 15.4 Å². The number of rotatable bonds is 7. The predicted molar refractivity (Wildman–Crippen MR) is 97.2 cm³/mol. The standard InChI is InChI=1S/C15H32N4O4S/c1-12(8-11-24(7,21)22)18-13(16-5)17-9-10-19(6)14(20)23-15(2,3)4/h12H,8-11H2,1-7H3,(H2,16,17,18). The van der Waals surface area contributed by atoms with Crippen LogP contribution >= 0.6 is 0 Å². The van der Waals surface area contributed by atoms with Gasteiger partial charge in [0.2, 0.25) is 0 Å². The van der Waals surface area contributed by atoms with E-state index in [1.54, 1.807) is 14.1 Å². The van der Waals surface area contributed by atoms with E-state index in [-0.39, 0.29) is 17.9 Å². The van der Waals surface area contributed by atoms with Crippen LogP contribution in [0.5, 0.6) is 0 Å². The van der Waals surface area contributed by atoms with Crippen molar-refractivity contribution in [2.24, 2.45) is 4.99 Å². The molecule has 0 aliphatic heterocycles. The highest BCUT2D eigenvalue weighted by Crippen LogP contribution is 2.08. The number of likely N-dealkylation sites (N-methyl/N-ethyl adjacent to an activating group) is 1. The van der Waals surface area contributed by atoms with Crippen molar-refractivity contribution >= 4 is 21.9 Å². The summed E-state index contributed by atoms with van der Waals surface area (Å²) in [5, 5.41) is 6.21. The lowest BCUT2D eigenvalue weighted by molar-refractivity contribution is 0.0302. The summed E-state index contributed by atoms with van der Waals surface area (Å²) in [5.41, 5.74) is -0.522. The van der Waals surface area contributed by atoms with Gasteiger partial charge in [-0.05, 0) is 34.1 Å². The predicted octanol–water partition coefficient (Wildman–Crippen LogP) is 0.842. The van der Waals surface area contributed by atoms with Crippen molar-refractivity contribution in [3.63, 3.8) is 0 Å². The number of hydrogen-bond donors (Lipinski definition) is 2. The van der Waals surface area contributed by atoms with E-state index >= 15 is 0 Å². The van der Waals surface area contributed by atoms with Gasteiger partial charge in [-0.15, -0.1) is 0 Å². The third-order valence-corrected chi connectivity index (χ3v) is 3.95. The van der Waals surface area contributed by atoms with E-state index in [0.717, 1.165) is 0 Å². The number of nitrogens with one attached hydrogen (secondary N) is 2. The van der Waals surface area contributed by atoms with Crippen molar-refractivity contribution in [2.45, 2.75) is 45.8 Å². The topological polar surface area (TPSA) is 100 Å². The first-order valence-electron chi connectivity index (χ1n) is 7.93. The number of amides is 1. The van der Waals surface area contributed by atoms with E-state index in [2.05, 4.69) is 15.6 Å². The van der Waals surface area contributed by atoms with Gasteiger partial charge >= 0.3 is 6.09 Å². The Morgan fingerprint density at radius 3 is 2.38 bits per heavy atom. The third kappa shape index (κ3) is 12.0. The fourth-order valence-electron chi connectivity index (χ4n) is 1.66. The van der Waals surface area contributed by atoms with Crippen molar-refractivity contribution in [2.75, 3.05) is 39.2 Å². The fraction of sp³-hybridized carbons (Fsp3) is 0.867. The Kier molecular flexibility index (Phi) is 9.09. The number of carbonyl (C=O) groups is 1. The normalized spacial score (nSPS) is 14.0. The summed E-state index contributed by atoms with van der Waals surface area (Å²) in [5.74, 6) is 0.688. The SMILES string of the molecule is CN=C(NCCN(C)C(=O)OC(C)(C)C)NC(C)CCS(C)(=O)=O. The lowest BCUT2D eigenvalue weighted by Crippen LogP contribution is -2.46. The molecule has 8 nitrogen and oxygen atoms in total. The fourth-order valence-corrected chi connectivity index (χ4v) is 2.45. The summed E-state index contributed by atoms with van der Waals surface area (Å²) < 4.78 is 27.6. The number of guanidine groups is 1. The Labute approximate surface area is 146 Å². The number of sulfone groups is 1. The highest BCUT2D eigenvalue weighted by molar-refractivity contribution is 7.90. The van der Waals surface area contributed by atoms with E-state index in [0.29, 0.717) is 25.5 Å². The zero-order valence-corrected chi connectivity index (χ0v) is 16.7. The van der Waals surface area contributed by atoms with Gasteiger partial charge < -0.3 is 20.3 Å². The van der Waals surface area contributed by atoms with Gasteiger partial charge in [0.15, 0.2) is 5.96 Å². The van der Waals surface area contributed by atoms with Crippen molar-refractivity contribution in [3.8, 4) is 0 Å². The minimum absolute atomic E-state index is 0.0329. The molecule has 1 unspecified atom stereocenters. The Balaban J connectivity index is 4.21. The summed E-state index contributed by atoms with van der Waals surface area (Å²) in [4.78, 5) is 17.4. The zero-order chi connectivity index (χ0) is 19.0. The highest BCUT2D eigenvalue weighted by atomic mass is 32.2. The molecule has 0 fully saturated rings. The molecule has 0 heterocycles. The van der Waals surface area contributed by atoms with E-state index in [1.165, 1.54) is 11.2 Å². The first-order chi connectivity index (χ1) is 10.8. The Morgan fingerprint density at radius 1 is 1.33 bits per heavy atom. The first kappa shape index (κ1) is 22.5. The molecule has 0 bridgehead atoms. The number of ether oxygens (including phenoxy) is 1. The molecule has 0 radical (unpaired) electrons. The maximum atomic E-state index is 11.8. The molecular weight excluding hydrogens is 332 g/mol. The molecule has 142 valence electrons. The monoisotopic (exact) mass is 364 g/mol. The van der Waals surface area contributed by atoms with Gasteiger partial charge in [0, 0.05) is 39.5 Å². The largest absolute Gasteiger partial charge is 0.444 e. The van der Waals surface area contributed by atoms with Crippen LogP contribution in [0.15, 0.2) is 4.99 Å². The van der Waals surface area contributed by atoms with Gasteiger partial charge in [-0.2, -0.15) is 0 Å². The molecular formula is C15H32N4O4S. The number of aliphatic imine (C=N–C) groups is 1. The van der Waals surface area contributed by atoms with Crippen LogP contribution < -0.4 is 10.6 Å². The van der Waals surface area contributed by atoms with E-state index in [4.69, 9.17) is 4.74 Å². The second-order valence-electron chi connectivity index (χ2n) is 6.86. The van der Waals surface area contributed by atoms with Gasteiger partial charge in [-0.1, -0.05) is 0 Å². The third-order valence-electron chi connectivity index (χ3n) is 2.97. The van der Waals surface area contributed by atoms with E-state index < -0.39 is 15.4 Å². The Morgan fingerprint density at radius 2 is 1.92 bits per heavy atom. The Bertz CT molecular complexity index is 526. The van der Waals surface area contributed by atoms with Crippen LogP contribution in [0.25, 0.3) is 0 Å². The van der Waals surface area contributed by atoms with Crippen molar-refractivity contribution in [1.29, 1.82) is 0 Å². The van der Waals surface area contributed by atoms with Crippen LogP contribution in [-0.4, -0.2) is 76.2 Å². The van der Waals surface area contributed by atoms with Crippen LogP contribution in [0.2, 0.25) is 0 Å². The molecule has 0 aromatic carbocycles. The van der Waals surface area contributed by atoms with Crippen LogP contribution in [0.4, 0.5) is 4.79 Å². The van der Waals surface area contributed by atoms with Crippen molar-refractivity contribution in [3.05, 3.63) is 0 Å². The molecule has 0 aromatic heterocycles. The number of carbonyl (C=O) groups excluding carboxylic acids is 1. The molecule has 1 atom stereocenters. The number of nitrogens with zero attached hydrogens (tertiary/aromatic N) is 2. The molecule has 9 heteroatoms. The summed E-state index contributed by atoms with van der Waals surface area (Å²) in [6.45, 7) is 8.30. The molecule has 1 amide bonds. The van der Waals surface area contributed by atoms with Crippen molar-refractivity contribution in [1.82, 2.24) is 15.5 Å². The molecule has 0 aliphatic carbocycles.